The number of benzene rings is 2. The van der Waals surface area contributed by atoms with E-state index in [0.717, 1.165) is 21.5 Å². The van der Waals surface area contributed by atoms with Crippen molar-refractivity contribution < 1.29 is 19.1 Å². The highest BCUT2D eigenvalue weighted by atomic mass is 32.1. The first-order chi connectivity index (χ1) is 12.2. The van der Waals surface area contributed by atoms with Gasteiger partial charge in [-0.1, -0.05) is 12.1 Å². The number of carbonyl (C=O) groups is 2. The van der Waals surface area contributed by atoms with Gasteiger partial charge in [0.05, 0.1) is 28.4 Å². The number of carbonyl (C=O) groups excluding carboxylic acids is 2. The van der Waals surface area contributed by atoms with Crippen LogP contribution in [0.15, 0.2) is 48.0 Å². The summed E-state index contributed by atoms with van der Waals surface area (Å²) in [7, 11) is 1.60. The van der Waals surface area contributed by atoms with Crippen molar-refractivity contribution in [3.8, 4) is 5.75 Å². The van der Waals surface area contributed by atoms with E-state index < -0.39 is 5.97 Å². The number of nitrogens with zero attached hydrogens (tertiary/aromatic N) is 1. The minimum Gasteiger partial charge on any atom is -0.497 e. The first-order valence-electron chi connectivity index (χ1n) is 7.56. The predicted octanol–water partition coefficient (Wildman–Crippen LogP) is 2.78. The molecule has 0 aliphatic rings. The van der Waals surface area contributed by atoms with E-state index in [1.165, 1.54) is 11.3 Å². The number of hydrogen-bond acceptors (Lipinski definition) is 6. The van der Waals surface area contributed by atoms with Crippen LogP contribution >= 0.6 is 11.3 Å². The number of nitrogens with one attached hydrogen (secondary N) is 1. The molecule has 2 aromatic carbocycles. The molecule has 6 nitrogen and oxygen atoms in total. The standard InChI is InChI=1S/C18H16N2O4S/c1-23-14-5-2-12(3-6-14)9-19-17(21)10-24-18(22)13-4-7-15-16(8-13)25-11-20-15/h2-8,11H,9-10H2,1H3,(H,19,21). The van der Waals surface area contributed by atoms with Gasteiger partial charge in [-0.05, 0) is 35.9 Å². The van der Waals surface area contributed by atoms with Crippen molar-refractivity contribution in [3.05, 3.63) is 59.1 Å². The van der Waals surface area contributed by atoms with Crippen molar-refractivity contribution in [1.29, 1.82) is 0 Å². The van der Waals surface area contributed by atoms with Crippen molar-refractivity contribution in [1.82, 2.24) is 10.3 Å². The highest BCUT2D eigenvalue weighted by molar-refractivity contribution is 7.16. The van der Waals surface area contributed by atoms with Crippen LogP contribution in [0, 0.1) is 0 Å². The van der Waals surface area contributed by atoms with Crippen molar-refractivity contribution in [2.24, 2.45) is 0 Å². The Labute approximate surface area is 148 Å². The van der Waals surface area contributed by atoms with Gasteiger partial charge in [-0.3, -0.25) is 4.79 Å². The molecular weight excluding hydrogens is 340 g/mol. The lowest BCUT2D eigenvalue weighted by molar-refractivity contribution is -0.124. The van der Waals surface area contributed by atoms with Gasteiger partial charge in [-0.15, -0.1) is 11.3 Å². The molecule has 0 fully saturated rings. The maximum Gasteiger partial charge on any atom is 0.338 e. The number of rotatable bonds is 6. The lowest BCUT2D eigenvalue weighted by Crippen LogP contribution is -2.28. The van der Waals surface area contributed by atoms with E-state index in [2.05, 4.69) is 10.3 Å². The molecule has 25 heavy (non-hydrogen) atoms. The van der Waals surface area contributed by atoms with E-state index >= 15 is 0 Å². The molecular formula is C18H16N2O4S. The molecule has 0 atom stereocenters. The Balaban J connectivity index is 1.48. The summed E-state index contributed by atoms with van der Waals surface area (Å²) in [6.45, 7) is 0.0307. The monoisotopic (exact) mass is 356 g/mol. The van der Waals surface area contributed by atoms with Crippen LogP contribution in [0.25, 0.3) is 10.2 Å². The van der Waals surface area contributed by atoms with Crippen LogP contribution in [-0.4, -0.2) is 30.6 Å². The summed E-state index contributed by atoms with van der Waals surface area (Å²) < 4.78 is 11.0. The van der Waals surface area contributed by atoms with Crippen molar-refractivity contribution >= 4 is 33.4 Å². The van der Waals surface area contributed by atoms with E-state index in [1.54, 1.807) is 30.8 Å². The highest BCUT2D eigenvalue weighted by Gasteiger charge is 2.11. The first kappa shape index (κ1) is 16.9. The van der Waals surface area contributed by atoms with Gasteiger partial charge in [0.25, 0.3) is 5.91 Å². The molecule has 3 rings (SSSR count). The fraction of sp³-hybridized carbons (Fsp3) is 0.167. The molecule has 0 radical (unpaired) electrons. The molecule has 0 spiro atoms. The summed E-state index contributed by atoms with van der Waals surface area (Å²) in [6, 6.07) is 12.5. The average Bonchev–Trinajstić information content (AvgIpc) is 3.12. The first-order valence-corrected chi connectivity index (χ1v) is 8.43. The number of fused-ring (bicyclic) bond motifs is 1. The van der Waals surface area contributed by atoms with Gasteiger partial charge in [0.15, 0.2) is 6.61 Å². The normalized spacial score (nSPS) is 10.4. The molecule has 1 N–H and O–H groups in total. The van der Waals surface area contributed by atoms with E-state index in [4.69, 9.17) is 9.47 Å². The zero-order chi connectivity index (χ0) is 17.6. The second-order valence-electron chi connectivity index (χ2n) is 5.24. The van der Waals surface area contributed by atoms with Gasteiger partial charge in [0, 0.05) is 6.54 Å². The number of aromatic nitrogens is 1. The van der Waals surface area contributed by atoms with Crippen LogP contribution in [0.5, 0.6) is 5.75 Å². The Bertz CT molecular complexity index is 889. The molecule has 0 bridgehead atoms. The summed E-state index contributed by atoms with van der Waals surface area (Å²) in [5, 5.41) is 2.70. The predicted molar refractivity (Wildman–Crippen MR) is 94.7 cm³/mol. The van der Waals surface area contributed by atoms with Gasteiger partial charge in [-0.25, -0.2) is 9.78 Å². The molecule has 7 heteroatoms. The maximum atomic E-state index is 12.0. The molecule has 0 aliphatic carbocycles. The topological polar surface area (TPSA) is 77.5 Å². The SMILES string of the molecule is COc1ccc(CNC(=O)COC(=O)c2ccc3ncsc3c2)cc1. The van der Waals surface area contributed by atoms with Gasteiger partial charge in [-0.2, -0.15) is 0 Å². The molecule has 1 heterocycles. The van der Waals surface area contributed by atoms with Crippen molar-refractivity contribution in [3.63, 3.8) is 0 Å². The van der Waals surface area contributed by atoms with E-state index in [-0.39, 0.29) is 12.5 Å². The van der Waals surface area contributed by atoms with Crippen molar-refractivity contribution in [2.45, 2.75) is 6.54 Å². The zero-order valence-electron chi connectivity index (χ0n) is 13.5. The third-order valence-corrected chi connectivity index (χ3v) is 4.34. The van der Waals surface area contributed by atoms with Crippen LogP contribution < -0.4 is 10.1 Å². The van der Waals surface area contributed by atoms with Gasteiger partial charge in [0.2, 0.25) is 0 Å². The number of hydrogen-bond donors (Lipinski definition) is 1. The molecule has 1 aromatic heterocycles. The minimum absolute atomic E-state index is 0.324. The van der Waals surface area contributed by atoms with E-state index in [9.17, 15) is 9.59 Å². The van der Waals surface area contributed by atoms with E-state index in [0.29, 0.717) is 12.1 Å². The van der Waals surface area contributed by atoms with Crippen LogP contribution in [0.1, 0.15) is 15.9 Å². The Kier molecular flexibility index (Phi) is 5.25. The fourth-order valence-corrected chi connectivity index (χ4v) is 2.91. The number of methoxy groups -OCH3 is 1. The molecule has 128 valence electrons. The Morgan fingerprint density at radius 1 is 1.16 bits per heavy atom. The highest BCUT2D eigenvalue weighted by Crippen LogP contribution is 2.19. The maximum absolute atomic E-state index is 12.0. The summed E-state index contributed by atoms with van der Waals surface area (Å²) >= 11 is 1.44. The molecule has 0 aliphatic heterocycles. The summed E-state index contributed by atoms with van der Waals surface area (Å²) in [4.78, 5) is 28.0. The van der Waals surface area contributed by atoms with E-state index in [1.807, 2.05) is 24.3 Å². The van der Waals surface area contributed by atoms with Crippen LogP contribution in [0.2, 0.25) is 0 Å². The van der Waals surface area contributed by atoms with Gasteiger partial charge >= 0.3 is 5.97 Å². The molecule has 3 aromatic rings. The number of amides is 1. The Hall–Kier alpha value is -2.93. The number of ether oxygens (including phenoxy) is 2. The number of esters is 1. The molecule has 1 amide bonds. The summed E-state index contributed by atoms with van der Waals surface area (Å²) in [5.74, 6) is -0.139. The quantitative estimate of drug-likeness (QED) is 0.687. The third kappa shape index (κ3) is 4.33. The number of thiazole rings is 1. The van der Waals surface area contributed by atoms with Crippen LogP contribution in [0.4, 0.5) is 0 Å². The van der Waals surface area contributed by atoms with Crippen LogP contribution in [0.3, 0.4) is 0 Å². The average molecular weight is 356 g/mol. The molecule has 0 saturated heterocycles. The van der Waals surface area contributed by atoms with Crippen molar-refractivity contribution in [2.75, 3.05) is 13.7 Å². The Morgan fingerprint density at radius 3 is 2.72 bits per heavy atom. The van der Waals surface area contributed by atoms with Gasteiger partial charge < -0.3 is 14.8 Å². The summed E-state index contributed by atoms with van der Waals surface area (Å²) in [5.41, 5.74) is 3.88. The van der Waals surface area contributed by atoms with Gasteiger partial charge in [0.1, 0.15) is 5.75 Å². The Morgan fingerprint density at radius 2 is 1.96 bits per heavy atom. The lowest BCUT2D eigenvalue weighted by Gasteiger charge is -2.07. The fourth-order valence-electron chi connectivity index (χ4n) is 2.19. The largest absolute Gasteiger partial charge is 0.497 e. The van der Waals surface area contributed by atoms with Crippen LogP contribution in [-0.2, 0) is 16.1 Å². The summed E-state index contributed by atoms with van der Waals surface area (Å²) in [6.07, 6.45) is 0. The lowest BCUT2D eigenvalue weighted by atomic mass is 10.2. The second-order valence-corrected chi connectivity index (χ2v) is 6.12. The zero-order valence-corrected chi connectivity index (χ0v) is 14.3. The smallest absolute Gasteiger partial charge is 0.338 e. The minimum atomic E-state index is -0.533. The molecule has 0 unspecified atom stereocenters. The second kappa shape index (κ2) is 7.76. The third-order valence-electron chi connectivity index (χ3n) is 3.55. The molecule has 0 saturated carbocycles.